The van der Waals surface area contributed by atoms with Crippen molar-refractivity contribution in [2.75, 3.05) is 7.11 Å². The van der Waals surface area contributed by atoms with Gasteiger partial charge in [0.25, 0.3) is 0 Å². The highest BCUT2D eigenvalue weighted by Gasteiger charge is 2.28. The second-order valence-electron chi connectivity index (χ2n) is 3.61. The van der Waals surface area contributed by atoms with E-state index in [9.17, 15) is 0 Å². The molecular weight excluding hydrogens is 124 g/mol. The maximum atomic E-state index is 5.32. The van der Waals surface area contributed by atoms with Gasteiger partial charge in [0, 0.05) is 7.11 Å². The van der Waals surface area contributed by atoms with Gasteiger partial charge < -0.3 is 4.74 Å². The van der Waals surface area contributed by atoms with Crippen LogP contribution in [0.2, 0.25) is 0 Å². The number of methoxy groups -OCH3 is 1. The fourth-order valence-electron chi connectivity index (χ4n) is 1.48. The molecule has 0 radical (unpaired) electrons. The van der Waals surface area contributed by atoms with Gasteiger partial charge in [-0.2, -0.15) is 0 Å². The van der Waals surface area contributed by atoms with Gasteiger partial charge in [0.05, 0.1) is 6.10 Å². The van der Waals surface area contributed by atoms with Crippen LogP contribution in [0, 0.1) is 5.41 Å². The Morgan fingerprint density at radius 3 is 2.60 bits per heavy atom. The zero-order valence-electron chi connectivity index (χ0n) is 7.05. The average Bonchev–Trinajstić information content (AvgIpc) is 1.87. The van der Waals surface area contributed by atoms with Crippen LogP contribution >= 0.6 is 0 Å². The third kappa shape index (κ3) is 1.40. The molecule has 0 saturated heterocycles. The van der Waals surface area contributed by atoms with Crippen molar-refractivity contribution in [2.24, 2.45) is 5.41 Å². The van der Waals surface area contributed by atoms with Crippen molar-refractivity contribution < 1.29 is 4.74 Å². The molecule has 1 atom stereocenters. The van der Waals surface area contributed by atoms with Gasteiger partial charge in [0.1, 0.15) is 0 Å². The third-order valence-corrected chi connectivity index (χ3v) is 2.29. The predicted octanol–water partition coefficient (Wildman–Crippen LogP) is 2.38. The van der Waals surface area contributed by atoms with Crippen LogP contribution < -0.4 is 0 Å². The Morgan fingerprint density at radius 2 is 2.20 bits per heavy atom. The Morgan fingerprint density at radius 1 is 1.50 bits per heavy atom. The summed E-state index contributed by atoms with van der Waals surface area (Å²) in [6.07, 6.45) is 7.14. The molecule has 0 amide bonds. The van der Waals surface area contributed by atoms with Crippen molar-refractivity contribution in [1.82, 2.24) is 0 Å². The van der Waals surface area contributed by atoms with Gasteiger partial charge in [-0.3, -0.25) is 0 Å². The van der Waals surface area contributed by atoms with Gasteiger partial charge in [-0.1, -0.05) is 26.0 Å². The zero-order valence-corrected chi connectivity index (χ0v) is 7.05. The molecular formula is C9H16O. The minimum Gasteiger partial charge on any atom is -0.377 e. The molecule has 0 N–H and O–H groups in total. The van der Waals surface area contributed by atoms with Gasteiger partial charge in [-0.25, -0.2) is 0 Å². The third-order valence-electron chi connectivity index (χ3n) is 2.29. The van der Waals surface area contributed by atoms with E-state index in [0.29, 0.717) is 11.5 Å². The molecule has 0 aromatic rings. The Balaban J connectivity index is 2.66. The predicted molar refractivity (Wildman–Crippen MR) is 43.0 cm³/mol. The summed E-state index contributed by atoms with van der Waals surface area (Å²) in [6, 6.07) is 0. The van der Waals surface area contributed by atoms with E-state index >= 15 is 0 Å². The molecule has 0 saturated carbocycles. The highest BCUT2D eigenvalue weighted by molar-refractivity contribution is 5.02. The largest absolute Gasteiger partial charge is 0.377 e. The first-order valence-corrected chi connectivity index (χ1v) is 3.86. The van der Waals surface area contributed by atoms with E-state index in [2.05, 4.69) is 26.0 Å². The lowest BCUT2D eigenvalue weighted by Crippen LogP contribution is -2.31. The van der Waals surface area contributed by atoms with E-state index in [4.69, 9.17) is 4.74 Å². The lowest BCUT2D eigenvalue weighted by Gasteiger charge is -2.33. The Hall–Kier alpha value is -0.300. The van der Waals surface area contributed by atoms with E-state index in [1.165, 1.54) is 12.8 Å². The van der Waals surface area contributed by atoms with Crippen LogP contribution in [0.4, 0.5) is 0 Å². The van der Waals surface area contributed by atoms with Gasteiger partial charge >= 0.3 is 0 Å². The fourth-order valence-corrected chi connectivity index (χ4v) is 1.48. The molecule has 0 aromatic heterocycles. The molecule has 58 valence electrons. The Kier molecular flexibility index (Phi) is 2.14. The van der Waals surface area contributed by atoms with Crippen LogP contribution in [0.1, 0.15) is 26.7 Å². The summed E-state index contributed by atoms with van der Waals surface area (Å²) in [5.74, 6) is 0. The molecule has 1 aliphatic rings. The van der Waals surface area contributed by atoms with Crippen molar-refractivity contribution in [3.05, 3.63) is 12.2 Å². The molecule has 0 aliphatic heterocycles. The minimum atomic E-state index is 0.321. The van der Waals surface area contributed by atoms with Crippen LogP contribution in [-0.4, -0.2) is 13.2 Å². The SMILES string of the molecule is CO[C@@H]1C=CCCC1(C)C. The molecule has 1 heteroatoms. The van der Waals surface area contributed by atoms with Gasteiger partial charge in [-0.05, 0) is 18.3 Å². The molecule has 0 aromatic carbocycles. The quantitative estimate of drug-likeness (QED) is 0.508. The van der Waals surface area contributed by atoms with E-state index in [1.807, 2.05) is 0 Å². The lowest BCUT2D eigenvalue weighted by molar-refractivity contribution is 0.0327. The molecule has 0 fully saturated rings. The first-order chi connectivity index (χ1) is 4.67. The highest BCUT2D eigenvalue weighted by atomic mass is 16.5. The molecule has 0 spiro atoms. The summed E-state index contributed by atoms with van der Waals surface area (Å²) in [4.78, 5) is 0. The average molecular weight is 140 g/mol. The monoisotopic (exact) mass is 140 g/mol. The maximum absolute atomic E-state index is 5.32. The number of hydrogen-bond acceptors (Lipinski definition) is 1. The molecule has 1 nitrogen and oxygen atoms in total. The van der Waals surface area contributed by atoms with E-state index in [-0.39, 0.29) is 0 Å². The smallest absolute Gasteiger partial charge is 0.0803 e. The first-order valence-electron chi connectivity index (χ1n) is 3.86. The fraction of sp³-hybridized carbons (Fsp3) is 0.778. The topological polar surface area (TPSA) is 9.23 Å². The van der Waals surface area contributed by atoms with Crippen LogP contribution in [-0.2, 0) is 4.74 Å². The second kappa shape index (κ2) is 2.75. The van der Waals surface area contributed by atoms with Crippen molar-refractivity contribution in [3.8, 4) is 0 Å². The molecule has 0 unspecified atom stereocenters. The standard InChI is InChI=1S/C9H16O/c1-9(2)7-5-4-6-8(9)10-3/h4,6,8H,5,7H2,1-3H3/t8-/m1/s1. The highest BCUT2D eigenvalue weighted by Crippen LogP contribution is 2.32. The minimum absolute atomic E-state index is 0.321. The summed E-state index contributed by atoms with van der Waals surface area (Å²) in [5, 5.41) is 0. The van der Waals surface area contributed by atoms with E-state index < -0.39 is 0 Å². The molecule has 0 heterocycles. The molecule has 1 aliphatic carbocycles. The summed E-state index contributed by atoms with van der Waals surface area (Å²) < 4.78 is 5.32. The number of allylic oxidation sites excluding steroid dienone is 1. The zero-order chi connectivity index (χ0) is 7.61. The lowest BCUT2D eigenvalue weighted by atomic mass is 9.78. The molecule has 0 bridgehead atoms. The van der Waals surface area contributed by atoms with Gasteiger partial charge in [0.15, 0.2) is 0 Å². The van der Waals surface area contributed by atoms with Crippen LogP contribution in [0.3, 0.4) is 0 Å². The van der Waals surface area contributed by atoms with Gasteiger partial charge in [-0.15, -0.1) is 0 Å². The van der Waals surface area contributed by atoms with Crippen LogP contribution in [0.25, 0.3) is 0 Å². The van der Waals surface area contributed by atoms with Crippen molar-refractivity contribution in [3.63, 3.8) is 0 Å². The number of rotatable bonds is 1. The van der Waals surface area contributed by atoms with E-state index in [0.717, 1.165) is 0 Å². The molecule has 10 heavy (non-hydrogen) atoms. The Bertz CT molecular complexity index is 136. The van der Waals surface area contributed by atoms with Gasteiger partial charge in [0.2, 0.25) is 0 Å². The maximum Gasteiger partial charge on any atom is 0.0803 e. The van der Waals surface area contributed by atoms with Crippen molar-refractivity contribution in [1.29, 1.82) is 0 Å². The number of hydrogen-bond donors (Lipinski definition) is 0. The summed E-state index contributed by atoms with van der Waals surface area (Å²) >= 11 is 0. The van der Waals surface area contributed by atoms with Crippen LogP contribution in [0.5, 0.6) is 0 Å². The number of ether oxygens (including phenoxy) is 1. The summed E-state index contributed by atoms with van der Waals surface area (Å²) in [5.41, 5.74) is 0.337. The molecule has 1 rings (SSSR count). The Labute approximate surface area is 63.1 Å². The van der Waals surface area contributed by atoms with E-state index in [1.54, 1.807) is 7.11 Å². The second-order valence-corrected chi connectivity index (χ2v) is 3.61. The van der Waals surface area contributed by atoms with Crippen molar-refractivity contribution in [2.45, 2.75) is 32.8 Å². The summed E-state index contributed by atoms with van der Waals surface area (Å²) in [6.45, 7) is 4.51. The van der Waals surface area contributed by atoms with Crippen LogP contribution in [0.15, 0.2) is 12.2 Å². The normalized spacial score (nSPS) is 30.5. The first kappa shape index (κ1) is 7.80. The van der Waals surface area contributed by atoms with Crippen molar-refractivity contribution >= 4 is 0 Å². The summed E-state index contributed by atoms with van der Waals surface area (Å²) in [7, 11) is 1.78.